The number of aliphatic carboxylic acids is 1. The summed E-state index contributed by atoms with van der Waals surface area (Å²) in [5, 5.41) is 23.5. The van der Waals surface area contributed by atoms with Crippen LogP contribution in [-0.2, 0) is 19.2 Å². The first-order chi connectivity index (χ1) is 8.90. The van der Waals surface area contributed by atoms with Crippen LogP contribution in [0.1, 0.15) is 0 Å². The molecule has 0 saturated carbocycles. The van der Waals surface area contributed by atoms with Crippen LogP contribution < -0.4 is 21.7 Å². The van der Waals surface area contributed by atoms with E-state index >= 15 is 0 Å². The molecule has 0 bridgehead atoms. The largest absolute Gasteiger partial charge is 0.480 e. The maximum absolute atomic E-state index is 11.4. The van der Waals surface area contributed by atoms with Crippen LogP contribution in [0.3, 0.4) is 0 Å². The predicted octanol–water partition coefficient (Wildman–Crippen LogP) is -4.26. The Morgan fingerprint density at radius 3 is 2.16 bits per heavy atom. The third-order valence-corrected chi connectivity index (χ3v) is 1.88. The van der Waals surface area contributed by atoms with Gasteiger partial charge in [-0.05, 0) is 0 Å². The molecule has 0 aromatic rings. The van der Waals surface area contributed by atoms with Gasteiger partial charge in [-0.2, -0.15) is 0 Å². The van der Waals surface area contributed by atoms with E-state index in [1.807, 2.05) is 5.32 Å². The molecule has 0 aliphatic carbocycles. The Labute approximate surface area is 108 Å². The molecule has 7 N–H and O–H groups in total. The van der Waals surface area contributed by atoms with Crippen molar-refractivity contribution in [1.82, 2.24) is 16.0 Å². The SMILES string of the molecule is NCC(=O)N[C@@H](CO)C(=O)NCC(=O)NCC(=O)O. The molecule has 0 rings (SSSR count). The second-order valence-electron chi connectivity index (χ2n) is 3.40. The van der Waals surface area contributed by atoms with Crippen LogP contribution in [0.5, 0.6) is 0 Å². The minimum atomic E-state index is -1.22. The van der Waals surface area contributed by atoms with Crippen LogP contribution in [0, 0.1) is 0 Å². The first-order valence-corrected chi connectivity index (χ1v) is 5.27. The Morgan fingerprint density at radius 2 is 1.68 bits per heavy atom. The average molecular weight is 276 g/mol. The highest BCUT2D eigenvalue weighted by atomic mass is 16.4. The van der Waals surface area contributed by atoms with Crippen molar-refractivity contribution in [3.05, 3.63) is 0 Å². The third kappa shape index (κ3) is 7.68. The van der Waals surface area contributed by atoms with Crippen molar-refractivity contribution in [2.45, 2.75) is 6.04 Å². The number of carboxylic acid groups (broad SMARTS) is 1. The first-order valence-electron chi connectivity index (χ1n) is 5.27. The number of carbonyl (C=O) groups is 4. The lowest BCUT2D eigenvalue weighted by Gasteiger charge is -2.15. The van der Waals surface area contributed by atoms with E-state index in [0.717, 1.165) is 0 Å². The number of hydrogen-bond donors (Lipinski definition) is 6. The van der Waals surface area contributed by atoms with Gasteiger partial charge in [0.25, 0.3) is 0 Å². The highest BCUT2D eigenvalue weighted by molar-refractivity contribution is 5.91. The lowest BCUT2D eigenvalue weighted by atomic mass is 10.3. The molecule has 108 valence electrons. The van der Waals surface area contributed by atoms with Gasteiger partial charge in [-0.1, -0.05) is 0 Å². The quantitative estimate of drug-likeness (QED) is 0.260. The second-order valence-corrected chi connectivity index (χ2v) is 3.40. The molecule has 0 spiro atoms. The van der Waals surface area contributed by atoms with E-state index in [9.17, 15) is 19.2 Å². The molecule has 0 aromatic carbocycles. The molecule has 0 fully saturated rings. The number of rotatable bonds is 8. The van der Waals surface area contributed by atoms with E-state index in [-0.39, 0.29) is 6.54 Å². The highest BCUT2D eigenvalue weighted by Crippen LogP contribution is 1.83. The average Bonchev–Trinajstić information content (AvgIpc) is 2.39. The summed E-state index contributed by atoms with van der Waals surface area (Å²) >= 11 is 0. The predicted molar refractivity (Wildman–Crippen MR) is 61.7 cm³/mol. The van der Waals surface area contributed by atoms with E-state index < -0.39 is 49.4 Å². The maximum atomic E-state index is 11.4. The number of nitrogens with two attached hydrogens (primary N) is 1. The van der Waals surface area contributed by atoms with Gasteiger partial charge in [0.1, 0.15) is 12.6 Å². The molecular weight excluding hydrogens is 260 g/mol. The number of amides is 3. The summed E-state index contributed by atoms with van der Waals surface area (Å²) in [7, 11) is 0. The highest BCUT2D eigenvalue weighted by Gasteiger charge is 2.19. The standard InChI is InChI=1S/C9H16N4O6/c10-1-6(15)13-5(4-14)9(19)12-2-7(16)11-3-8(17)18/h5,14H,1-4,10H2,(H,11,16)(H,12,19)(H,13,15)(H,17,18)/t5-/m0/s1. The smallest absolute Gasteiger partial charge is 0.322 e. The van der Waals surface area contributed by atoms with E-state index in [0.29, 0.717) is 0 Å². The van der Waals surface area contributed by atoms with E-state index in [1.54, 1.807) is 0 Å². The third-order valence-electron chi connectivity index (χ3n) is 1.88. The maximum Gasteiger partial charge on any atom is 0.322 e. The van der Waals surface area contributed by atoms with Gasteiger partial charge >= 0.3 is 5.97 Å². The van der Waals surface area contributed by atoms with Crippen molar-refractivity contribution in [3.8, 4) is 0 Å². The monoisotopic (exact) mass is 276 g/mol. The molecule has 10 nitrogen and oxygen atoms in total. The number of aliphatic hydroxyl groups is 1. The Bertz CT molecular complexity index is 359. The Morgan fingerprint density at radius 1 is 1.05 bits per heavy atom. The summed E-state index contributed by atoms with van der Waals surface area (Å²) in [6.45, 7) is -2.04. The summed E-state index contributed by atoms with van der Waals surface area (Å²) in [6.07, 6.45) is 0. The van der Waals surface area contributed by atoms with Crippen LogP contribution in [0.15, 0.2) is 0 Å². The van der Waals surface area contributed by atoms with E-state index in [4.69, 9.17) is 15.9 Å². The van der Waals surface area contributed by atoms with Gasteiger partial charge in [-0.3, -0.25) is 19.2 Å². The lowest BCUT2D eigenvalue weighted by molar-refractivity contribution is -0.138. The molecule has 3 amide bonds. The molecule has 0 radical (unpaired) electrons. The fourth-order valence-electron chi connectivity index (χ4n) is 0.975. The van der Waals surface area contributed by atoms with Gasteiger partial charge in [-0.25, -0.2) is 0 Å². The Balaban J connectivity index is 4.09. The van der Waals surface area contributed by atoms with Gasteiger partial charge in [-0.15, -0.1) is 0 Å². The van der Waals surface area contributed by atoms with Crippen molar-refractivity contribution in [2.24, 2.45) is 5.73 Å². The fraction of sp³-hybridized carbons (Fsp3) is 0.556. The zero-order chi connectivity index (χ0) is 14.8. The van der Waals surface area contributed by atoms with Gasteiger partial charge in [0.15, 0.2) is 0 Å². The molecule has 0 saturated heterocycles. The molecule has 0 aliphatic rings. The summed E-state index contributed by atoms with van der Waals surface area (Å²) < 4.78 is 0. The number of carboxylic acids is 1. The molecule has 0 aromatic heterocycles. The van der Waals surface area contributed by atoms with Gasteiger partial charge in [0.05, 0.1) is 19.7 Å². The number of aliphatic hydroxyl groups excluding tert-OH is 1. The van der Waals surface area contributed by atoms with Crippen molar-refractivity contribution < 1.29 is 29.4 Å². The minimum absolute atomic E-state index is 0.344. The zero-order valence-electron chi connectivity index (χ0n) is 10.0. The van der Waals surface area contributed by atoms with Crippen LogP contribution in [0.4, 0.5) is 0 Å². The van der Waals surface area contributed by atoms with Crippen molar-refractivity contribution in [2.75, 3.05) is 26.2 Å². The topological polar surface area (TPSA) is 171 Å². The molecule has 0 unspecified atom stereocenters. The molecule has 0 aliphatic heterocycles. The summed E-state index contributed by atoms with van der Waals surface area (Å²) in [5.41, 5.74) is 5.02. The van der Waals surface area contributed by atoms with Crippen LogP contribution in [0.2, 0.25) is 0 Å². The first kappa shape index (κ1) is 16.8. The Kier molecular flexibility index (Phi) is 7.81. The van der Waals surface area contributed by atoms with Gasteiger partial charge in [0, 0.05) is 0 Å². The van der Waals surface area contributed by atoms with E-state index in [1.165, 1.54) is 0 Å². The summed E-state index contributed by atoms with van der Waals surface area (Å²) in [4.78, 5) is 43.6. The van der Waals surface area contributed by atoms with Crippen LogP contribution >= 0.6 is 0 Å². The molecule has 0 heterocycles. The second kappa shape index (κ2) is 8.83. The lowest BCUT2D eigenvalue weighted by Crippen LogP contribution is -2.52. The van der Waals surface area contributed by atoms with Gasteiger partial charge < -0.3 is 31.9 Å². The minimum Gasteiger partial charge on any atom is -0.480 e. The van der Waals surface area contributed by atoms with Crippen LogP contribution in [0.25, 0.3) is 0 Å². The Hall–Kier alpha value is -2.20. The van der Waals surface area contributed by atoms with Crippen molar-refractivity contribution >= 4 is 23.7 Å². The molecular formula is C9H16N4O6. The summed E-state index contributed by atoms with van der Waals surface area (Å²) in [6, 6.07) is -1.22. The number of hydrogen-bond acceptors (Lipinski definition) is 6. The van der Waals surface area contributed by atoms with Crippen molar-refractivity contribution in [1.29, 1.82) is 0 Å². The molecule has 1 atom stereocenters. The van der Waals surface area contributed by atoms with Gasteiger partial charge in [0.2, 0.25) is 17.7 Å². The van der Waals surface area contributed by atoms with Crippen molar-refractivity contribution in [3.63, 3.8) is 0 Å². The summed E-state index contributed by atoms with van der Waals surface area (Å²) in [5.74, 6) is -3.35. The number of carbonyl (C=O) groups excluding carboxylic acids is 3. The van der Waals surface area contributed by atoms with E-state index in [2.05, 4.69) is 10.6 Å². The normalized spacial score (nSPS) is 11.3. The van der Waals surface area contributed by atoms with Crippen LogP contribution in [-0.4, -0.2) is 66.2 Å². The molecule has 19 heavy (non-hydrogen) atoms. The number of nitrogens with one attached hydrogen (secondary N) is 3. The fourth-order valence-corrected chi connectivity index (χ4v) is 0.975. The zero-order valence-corrected chi connectivity index (χ0v) is 10.0. The molecule has 10 heteroatoms.